The second-order valence-electron chi connectivity index (χ2n) is 7.57. The van der Waals surface area contributed by atoms with E-state index in [1.807, 2.05) is 27.7 Å². The third-order valence-corrected chi connectivity index (χ3v) is 4.99. The molecule has 5 heteroatoms. The average Bonchev–Trinajstić information content (AvgIpc) is 2.42. The molecule has 1 amide bonds. The Kier molecular flexibility index (Phi) is 5.03. The highest BCUT2D eigenvalue weighted by molar-refractivity contribution is 5.70. The minimum absolute atomic E-state index is 0.0823. The minimum atomic E-state index is -0.449. The van der Waals surface area contributed by atoms with E-state index in [9.17, 15) is 9.59 Å². The summed E-state index contributed by atoms with van der Waals surface area (Å²) in [7, 11) is 0. The lowest BCUT2D eigenvalue weighted by atomic mass is 9.54. The summed E-state index contributed by atoms with van der Waals surface area (Å²) >= 11 is 0. The van der Waals surface area contributed by atoms with Crippen molar-refractivity contribution in [2.75, 3.05) is 19.7 Å². The van der Waals surface area contributed by atoms with Gasteiger partial charge >= 0.3 is 12.1 Å². The Hall–Kier alpha value is -1.26. The lowest BCUT2D eigenvalue weighted by Gasteiger charge is -2.53. The Labute approximate surface area is 133 Å². The second kappa shape index (κ2) is 6.47. The van der Waals surface area contributed by atoms with Crippen molar-refractivity contribution in [1.82, 2.24) is 4.90 Å². The number of esters is 1. The van der Waals surface area contributed by atoms with Crippen LogP contribution in [0.2, 0.25) is 0 Å². The van der Waals surface area contributed by atoms with Crippen LogP contribution in [0.3, 0.4) is 0 Å². The maximum Gasteiger partial charge on any atom is 0.410 e. The van der Waals surface area contributed by atoms with Crippen LogP contribution in [0.1, 0.15) is 59.8 Å². The molecule has 0 N–H and O–H groups in total. The molecule has 0 aromatic heterocycles. The monoisotopic (exact) mass is 311 g/mol. The molecule has 22 heavy (non-hydrogen) atoms. The summed E-state index contributed by atoms with van der Waals surface area (Å²) in [6, 6.07) is 0. The van der Waals surface area contributed by atoms with Gasteiger partial charge in [-0.05, 0) is 64.7 Å². The predicted molar refractivity (Wildman–Crippen MR) is 83.4 cm³/mol. The van der Waals surface area contributed by atoms with E-state index in [1.165, 1.54) is 6.42 Å². The largest absolute Gasteiger partial charge is 0.466 e. The topological polar surface area (TPSA) is 55.8 Å². The minimum Gasteiger partial charge on any atom is -0.466 e. The van der Waals surface area contributed by atoms with Gasteiger partial charge in [0.15, 0.2) is 0 Å². The zero-order valence-corrected chi connectivity index (χ0v) is 14.3. The standard InChI is InChI=1S/C17H29NO4/c1-5-21-14(19)12-13-6-7-17(13)8-10-18(11-9-17)15(20)22-16(2,3)4/h13H,5-12H2,1-4H3. The quantitative estimate of drug-likeness (QED) is 0.750. The summed E-state index contributed by atoms with van der Waals surface area (Å²) < 4.78 is 10.5. The van der Waals surface area contributed by atoms with E-state index in [-0.39, 0.29) is 17.5 Å². The number of ether oxygens (including phenoxy) is 2. The van der Waals surface area contributed by atoms with Gasteiger partial charge < -0.3 is 14.4 Å². The van der Waals surface area contributed by atoms with Gasteiger partial charge in [-0.2, -0.15) is 0 Å². The van der Waals surface area contributed by atoms with E-state index in [0.717, 1.165) is 32.4 Å². The first-order valence-corrected chi connectivity index (χ1v) is 8.39. The Morgan fingerprint density at radius 2 is 1.82 bits per heavy atom. The van der Waals surface area contributed by atoms with E-state index in [1.54, 1.807) is 4.90 Å². The van der Waals surface area contributed by atoms with Crippen molar-refractivity contribution in [3.8, 4) is 0 Å². The van der Waals surface area contributed by atoms with Gasteiger partial charge in [0.05, 0.1) is 6.61 Å². The molecule has 1 heterocycles. The van der Waals surface area contributed by atoms with Crippen LogP contribution >= 0.6 is 0 Å². The Bertz CT molecular complexity index is 419. The molecule has 5 nitrogen and oxygen atoms in total. The van der Waals surface area contributed by atoms with Gasteiger partial charge in [-0.15, -0.1) is 0 Å². The molecule has 0 bridgehead atoms. The number of hydrogen-bond donors (Lipinski definition) is 0. The highest BCUT2D eigenvalue weighted by Crippen LogP contribution is 2.55. The van der Waals surface area contributed by atoms with Crippen molar-refractivity contribution in [3.05, 3.63) is 0 Å². The summed E-state index contributed by atoms with van der Waals surface area (Å²) in [4.78, 5) is 25.6. The van der Waals surface area contributed by atoms with Crippen LogP contribution in [0.5, 0.6) is 0 Å². The van der Waals surface area contributed by atoms with Crippen LogP contribution in [0, 0.1) is 11.3 Å². The number of carbonyl (C=O) groups is 2. The molecular formula is C17H29NO4. The summed E-state index contributed by atoms with van der Waals surface area (Å²) in [5.41, 5.74) is -0.208. The third-order valence-electron chi connectivity index (χ3n) is 4.99. The van der Waals surface area contributed by atoms with Crippen molar-refractivity contribution < 1.29 is 19.1 Å². The van der Waals surface area contributed by atoms with Gasteiger partial charge in [-0.1, -0.05) is 0 Å². The molecule has 1 atom stereocenters. The van der Waals surface area contributed by atoms with Crippen LogP contribution in [0.25, 0.3) is 0 Å². The first kappa shape index (κ1) is 17.1. The van der Waals surface area contributed by atoms with Gasteiger partial charge in [-0.3, -0.25) is 4.79 Å². The molecule has 1 spiro atoms. The summed E-state index contributed by atoms with van der Waals surface area (Å²) in [5.74, 6) is 0.341. The molecule has 0 aromatic carbocycles. The number of likely N-dealkylation sites (tertiary alicyclic amines) is 1. The van der Waals surface area contributed by atoms with E-state index in [4.69, 9.17) is 9.47 Å². The van der Waals surface area contributed by atoms with Gasteiger partial charge in [0.1, 0.15) is 5.60 Å². The lowest BCUT2D eigenvalue weighted by molar-refractivity contribution is -0.149. The van der Waals surface area contributed by atoms with E-state index < -0.39 is 5.60 Å². The highest BCUT2D eigenvalue weighted by Gasteiger charge is 2.49. The molecular weight excluding hydrogens is 282 g/mol. The normalized spacial score (nSPS) is 23.8. The van der Waals surface area contributed by atoms with Crippen molar-refractivity contribution in [2.24, 2.45) is 11.3 Å². The Morgan fingerprint density at radius 3 is 2.27 bits per heavy atom. The number of piperidine rings is 1. The van der Waals surface area contributed by atoms with Gasteiger partial charge in [-0.25, -0.2) is 4.79 Å². The summed E-state index contributed by atoms with van der Waals surface area (Å²) in [6.45, 7) is 9.41. The molecule has 2 rings (SSSR count). The van der Waals surface area contributed by atoms with Crippen molar-refractivity contribution in [1.29, 1.82) is 0 Å². The fourth-order valence-corrected chi connectivity index (χ4v) is 3.62. The molecule has 126 valence electrons. The highest BCUT2D eigenvalue weighted by atomic mass is 16.6. The fourth-order valence-electron chi connectivity index (χ4n) is 3.62. The predicted octanol–water partition coefficient (Wildman–Crippen LogP) is 3.37. The van der Waals surface area contributed by atoms with E-state index in [0.29, 0.717) is 18.9 Å². The number of carbonyl (C=O) groups excluding carboxylic acids is 2. The van der Waals surface area contributed by atoms with Crippen molar-refractivity contribution >= 4 is 12.1 Å². The molecule has 1 aliphatic carbocycles. The zero-order valence-electron chi connectivity index (χ0n) is 14.3. The van der Waals surface area contributed by atoms with Crippen LogP contribution in [-0.4, -0.2) is 42.3 Å². The third kappa shape index (κ3) is 3.93. The van der Waals surface area contributed by atoms with Crippen LogP contribution < -0.4 is 0 Å². The second-order valence-corrected chi connectivity index (χ2v) is 7.57. The SMILES string of the molecule is CCOC(=O)CC1CCC12CCN(C(=O)OC(C)(C)C)CC2. The summed E-state index contributed by atoms with van der Waals surface area (Å²) in [5, 5.41) is 0. The van der Waals surface area contributed by atoms with E-state index in [2.05, 4.69) is 0 Å². The average molecular weight is 311 g/mol. The van der Waals surface area contributed by atoms with Crippen molar-refractivity contribution in [2.45, 2.75) is 65.4 Å². The molecule has 1 saturated heterocycles. The molecule has 0 radical (unpaired) electrons. The van der Waals surface area contributed by atoms with Gasteiger partial charge in [0.25, 0.3) is 0 Å². The number of hydrogen-bond acceptors (Lipinski definition) is 4. The van der Waals surface area contributed by atoms with Crippen LogP contribution in [-0.2, 0) is 14.3 Å². The van der Waals surface area contributed by atoms with Crippen molar-refractivity contribution in [3.63, 3.8) is 0 Å². The van der Waals surface area contributed by atoms with Gasteiger partial charge in [0, 0.05) is 19.5 Å². The number of nitrogens with zero attached hydrogens (tertiary/aromatic N) is 1. The Morgan fingerprint density at radius 1 is 1.18 bits per heavy atom. The smallest absolute Gasteiger partial charge is 0.410 e. The molecule has 2 fully saturated rings. The van der Waals surface area contributed by atoms with Crippen LogP contribution in [0.4, 0.5) is 4.79 Å². The van der Waals surface area contributed by atoms with Gasteiger partial charge in [0.2, 0.25) is 0 Å². The molecule has 1 aliphatic heterocycles. The molecule has 0 aromatic rings. The first-order valence-electron chi connectivity index (χ1n) is 8.39. The van der Waals surface area contributed by atoms with Crippen LogP contribution in [0.15, 0.2) is 0 Å². The summed E-state index contributed by atoms with van der Waals surface area (Å²) in [6.07, 6.45) is 4.51. The molecule has 1 unspecified atom stereocenters. The first-order chi connectivity index (χ1) is 10.3. The molecule has 1 saturated carbocycles. The van der Waals surface area contributed by atoms with E-state index >= 15 is 0 Å². The molecule has 2 aliphatic rings. The lowest BCUT2D eigenvalue weighted by Crippen LogP contribution is -2.51. The Balaban J connectivity index is 1.84. The fraction of sp³-hybridized carbons (Fsp3) is 0.882. The zero-order chi connectivity index (χ0) is 16.4. The number of amides is 1. The number of rotatable bonds is 3. The maximum absolute atomic E-state index is 12.1. The maximum atomic E-state index is 12.1.